The van der Waals surface area contributed by atoms with Crippen molar-refractivity contribution in [3.05, 3.63) is 6.33 Å². The minimum absolute atomic E-state index is 0.0753. The van der Waals surface area contributed by atoms with Crippen molar-refractivity contribution in [3.63, 3.8) is 0 Å². The van der Waals surface area contributed by atoms with Crippen molar-refractivity contribution in [2.45, 2.75) is 13.3 Å². The summed E-state index contributed by atoms with van der Waals surface area (Å²) in [5.41, 5.74) is 1.13. The molecule has 102 valence electrons. The molecule has 20 heavy (non-hydrogen) atoms. The largest absolute Gasteiger partial charge is 0.354 e. The zero-order valence-electron chi connectivity index (χ0n) is 11.1. The molecule has 2 heterocycles. The molecule has 0 aliphatic rings. The number of nitriles is 2. The summed E-state index contributed by atoms with van der Waals surface area (Å²) in [7, 11) is 0. The van der Waals surface area contributed by atoms with E-state index in [9.17, 15) is 0 Å². The number of aromatic amines is 1. The second-order valence-electron chi connectivity index (χ2n) is 4.07. The van der Waals surface area contributed by atoms with Gasteiger partial charge in [0.05, 0.1) is 18.5 Å². The zero-order valence-corrected chi connectivity index (χ0v) is 11.1. The Morgan fingerprint density at radius 2 is 2.05 bits per heavy atom. The Bertz CT molecular complexity index is 646. The van der Waals surface area contributed by atoms with E-state index in [2.05, 4.69) is 25.3 Å². The van der Waals surface area contributed by atoms with Crippen molar-refractivity contribution in [1.29, 1.82) is 10.5 Å². The Labute approximate surface area is 116 Å². The SMILES string of the molecule is CCCNc1nc(N(CC#N)CC#N)c2[nH]cnc2n1. The van der Waals surface area contributed by atoms with E-state index in [0.717, 1.165) is 13.0 Å². The summed E-state index contributed by atoms with van der Waals surface area (Å²) in [6, 6.07) is 4.06. The molecule has 0 fully saturated rings. The van der Waals surface area contributed by atoms with E-state index < -0.39 is 0 Å². The van der Waals surface area contributed by atoms with Gasteiger partial charge in [0.2, 0.25) is 5.95 Å². The number of fused-ring (bicyclic) bond motifs is 1. The van der Waals surface area contributed by atoms with Gasteiger partial charge in [-0.05, 0) is 6.42 Å². The first-order valence-electron chi connectivity index (χ1n) is 6.24. The monoisotopic (exact) mass is 270 g/mol. The normalized spacial score (nSPS) is 9.95. The first-order chi connectivity index (χ1) is 9.80. The molecule has 2 aromatic rings. The maximum atomic E-state index is 8.87. The first-order valence-corrected chi connectivity index (χ1v) is 6.24. The highest BCUT2D eigenvalue weighted by molar-refractivity contribution is 5.84. The molecule has 2 rings (SSSR count). The van der Waals surface area contributed by atoms with E-state index in [0.29, 0.717) is 22.9 Å². The fourth-order valence-corrected chi connectivity index (χ4v) is 1.74. The van der Waals surface area contributed by atoms with Gasteiger partial charge in [-0.1, -0.05) is 6.92 Å². The second kappa shape index (κ2) is 6.34. The van der Waals surface area contributed by atoms with Gasteiger partial charge < -0.3 is 15.2 Å². The fourth-order valence-electron chi connectivity index (χ4n) is 1.74. The molecule has 0 atom stereocenters. The van der Waals surface area contributed by atoms with Crippen LogP contribution in [0.2, 0.25) is 0 Å². The van der Waals surface area contributed by atoms with E-state index in [4.69, 9.17) is 10.5 Å². The summed E-state index contributed by atoms with van der Waals surface area (Å²) in [6.07, 6.45) is 2.46. The molecule has 0 saturated heterocycles. The Morgan fingerprint density at radius 3 is 2.70 bits per heavy atom. The summed E-state index contributed by atoms with van der Waals surface area (Å²) in [5.74, 6) is 0.955. The Morgan fingerprint density at radius 1 is 1.30 bits per heavy atom. The lowest BCUT2D eigenvalue weighted by Crippen LogP contribution is -2.25. The number of H-pyrrole nitrogens is 1. The van der Waals surface area contributed by atoms with Gasteiger partial charge in [0, 0.05) is 6.54 Å². The number of nitrogens with zero attached hydrogens (tertiary/aromatic N) is 6. The van der Waals surface area contributed by atoms with E-state index in [1.54, 1.807) is 4.90 Å². The number of hydrogen-bond acceptors (Lipinski definition) is 7. The molecule has 2 N–H and O–H groups in total. The average molecular weight is 270 g/mol. The van der Waals surface area contributed by atoms with Crippen molar-refractivity contribution in [1.82, 2.24) is 19.9 Å². The Balaban J connectivity index is 2.45. The number of anilines is 2. The number of rotatable bonds is 6. The number of hydrogen-bond donors (Lipinski definition) is 2. The molecule has 8 nitrogen and oxygen atoms in total. The van der Waals surface area contributed by atoms with Gasteiger partial charge in [0.15, 0.2) is 11.5 Å². The van der Waals surface area contributed by atoms with Crippen molar-refractivity contribution in [2.75, 3.05) is 29.9 Å². The number of nitrogens with one attached hydrogen (secondary N) is 2. The minimum atomic E-state index is 0.0753. The lowest BCUT2D eigenvalue weighted by atomic mass is 10.4. The zero-order chi connectivity index (χ0) is 14.4. The highest BCUT2D eigenvalue weighted by Gasteiger charge is 2.16. The summed E-state index contributed by atoms with van der Waals surface area (Å²) >= 11 is 0. The molecule has 2 aromatic heterocycles. The van der Waals surface area contributed by atoms with Crippen LogP contribution in [0.1, 0.15) is 13.3 Å². The Kier molecular flexibility index (Phi) is 4.30. The van der Waals surface area contributed by atoms with Gasteiger partial charge in [0.1, 0.15) is 18.6 Å². The molecule has 0 unspecified atom stereocenters. The van der Waals surface area contributed by atoms with Gasteiger partial charge in [0.25, 0.3) is 0 Å². The standard InChI is InChI=1S/C12H14N8/c1-2-5-15-12-18-10-9(16-8-17-10)11(19-12)20(6-3-13)7-4-14/h8H,2,5-7H2,1H3,(H2,15,16,17,18,19). The molecule has 8 heteroatoms. The molecule has 0 aromatic carbocycles. The summed E-state index contributed by atoms with van der Waals surface area (Å²) in [5, 5.41) is 20.8. The van der Waals surface area contributed by atoms with Crippen LogP contribution in [0.25, 0.3) is 11.2 Å². The molecule has 0 aliphatic heterocycles. The van der Waals surface area contributed by atoms with Crippen molar-refractivity contribution in [2.24, 2.45) is 0 Å². The summed E-state index contributed by atoms with van der Waals surface area (Å²) < 4.78 is 0. The van der Waals surface area contributed by atoms with Crippen LogP contribution in [-0.2, 0) is 0 Å². The van der Waals surface area contributed by atoms with Gasteiger partial charge >= 0.3 is 0 Å². The summed E-state index contributed by atoms with van der Waals surface area (Å²) in [4.78, 5) is 17.3. The van der Waals surface area contributed by atoms with Crippen LogP contribution < -0.4 is 10.2 Å². The van der Waals surface area contributed by atoms with Gasteiger partial charge in [-0.3, -0.25) is 0 Å². The number of imidazole rings is 1. The highest BCUT2D eigenvalue weighted by Crippen LogP contribution is 2.22. The van der Waals surface area contributed by atoms with Crippen molar-refractivity contribution >= 4 is 22.9 Å². The second-order valence-corrected chi connectivity index (χ2v) is 4.07. The first kappa shape index (κ1) is 13.6. The van der Waals surface area contributed by atoms with Crippen LogP contribution in [0.5, 0.6) is 0 Å². The minimum Gasteiger partial charge on any atom is -0.354 e. The number of aromatic nitrogens is 4. The third-order valence-corrected chi connectivity index (χ3v) is 2.62. The third-order valence-electron chi connectivity index (χ3n) is 2.62. The predicted octanol–water partition coefficient (Wildman–Crippen LogP) is 1.03. The van der Waals surface area contributed by atoms with E-state index >= 15 is 0 Å². The van der Waals surface area contributed by atoms with E-state index in [-0.39, 0.29) is 13.1 Å². The van der Waals surface area contributed by atoms with Crippen molar-refractivity contribution in [3.8, 4) is 12.1 Å². The maximum Gasteiger partial charge on any atom is 0.226 e. The molecule has 0 radical (unpaired) electrons. The third kappa shape index (κ3) is 2.75. The molecular weight excluding hydrogens is 256 g/mol. The molecule has 0 saturated carbocycles. The molecule has 0 spiro atoms. The van der Waals surface area contributed by atoms with Gasteiger partial charge in [-0.2, -0.15) is 20.5 Å². The van der Waals surface area contributed by atoms with Crippen LogP contribution in [0, 0.1) is 22.7 Å². The van der Waals surface area contributed by atoms with Crippen LogP contribution in [0.4, 0.5) is 11.8 Å². The lowest BCUT2D eigenvalue weighted by Gasteiger charge is -2.18. The highest BCUT2D eigenvalue weighted by atomic mass is 15.2. The molecular formula is C12H14N8. The lowest BCUT2D eigenvalue weighted by molar-refractivity contribution is 0.919. The van der Waals surface area contributed by atoms with Crippen LogP contribution in [0.3, 0.4) is 0 Å². The van der Waals surface area contributed by atoms with Crippen LogP contribution in [-0.4, -0.2) is 39.6 Å². The quantitative estimate of drug-likeness (QED) is 0.752. The summed E-state index contributed by atoms with van der Waals surface area (Å²) in [6.45, 7) is 2.93. The van der Waals surface area contributed by atoms with Crippen LogP contribution in [0.15, 0.2) is 6.33 Å². The van der Waals surface area contributed by atoms with Gasteiger partial charge in [-0.15, -0.1) is 0 Å². The van der Waals surface area contributed by atoms with E-state index in [1.807, 2.05) is 19.1 Å². The predicted molar refractivity (Wildman–Crippen MR) is 73.9 cm³/mol. The fraction of sp³-hybridized carbons (Fsp3) is 0.417. The molecule has 0 aliphatic carbocycles. The van der Waals surface area contributed by atoms with Crippen LogP contribution >= 0.6 is 0 Å². The topological polar surface area (TPSA) is 117 Å². The smallest absolute Gasteiger partial charge is 0.226 e. The van der Waals surface area contributed by atoms with E-state index in [1.165, 1.54) is 6.33 Å². The Hall–Kier alpha value is -2.87. The molecule has 0 amide bonds. The van der Waals surface area contributed by atoms with Gasteiger partial charge in [-0.25, -0.2) is 4.98 Å². The van der Waals surface area contributed by atoms with Crippen molar-refractivity contribution < 1.29 is 0 Å². The maximum absolute atomic E-state index is 8.87. The average Bonchev–Trinajstić information content (AvgIpc) is 2.92. The molecule has 0 bridgehead atoms.